The third kappa shape index (κ3) is 7.62. The van der Waals surface area contributed by atoms with E-state index in [0.717, 1.165) is 45.7 Å². The molecule has 0 bridgehead atoms. The molecule has 0 aromatic rings. The average molecular weight is 399 g/mol. The molecule has 2 rings (SSSR count). The van der Waals surface area contributed by atoms with E-state index in [2.05, 4.69) is 29.0 Å². The van der Waals surface area contributed by atoms with Gasteiger partial charge in [-0.25, -0.2) is 0 Å². The van der Waals surface area contributed by atoms with E-state index in [9.17, 15) is 9.59 Å². The molecule has 2 fully saturated rings. The summed E-state index contributed by atoms with van der Waals surface area (Å²) in [5.41, 5.74) is -0.247. The van der Waals surface area contributed by atoms with Crippen molar-refractivity contribution < 1.29 is 9.59 Å². The number of amides is 2. The van der Waals surface area contributed by atoms with Gasteiger partial charge in [0.05, 0.1) is 5.25 Å². The molecule has 2 heterocycles. The highest BCUT2D eigenvalue weighted by molar-refractivity contribution is 7.99. The van der Waals surface area contributed by atoms with Crippen LogP contribution in [0, 0.1) is 0 Å². The fourth-order valence-corrected chi connectivity index (χ4v) is 4.34. The van der Waals surface area contributed by atoms with Gasteiger partial charge in [-0.05, 0) is 65.9 Å². The minimum Gasteiger partial charge on any atom is -0.350 e. The summed E-state index contributed by atoms with van der Waals surface area (Å²) >= 11 is 1.60. The van der Waals surface area contributed by atoms with Crippen LogP contribution in [0.15, 0.2) is 0 Å². The molecule has 1 N–H and O–H groups in total. The van der Waals surface area contributed by atoms with Crippen molar-refractivity contribution in [2.75, 3.05) is 58.6 Å². The van der Waals surface area contributed by atoms with Gasteiger partial charge >= 0.3 is 0 Å². The van der Waals surface area contributed by atoms with E-state index >= 15 is 0 Å². The number of rotatable bonds is 9. The first-order chi connectivity index (χ1) is 12.8. The number of piperazine rings is 1. The third-order valence-electron chi connectivity index (χ3n) is 5.56. The quantitative estimate of drug-likeness (QED) is 0.640. The van der Waals surface area contributed by atoms with Crippen LogP contribution in [0.4, 0.5) is 0 Å². The van der Waals surface area contributed by atoms with Crippen LogP contribution in [-0.2, 0) is 9.59 Å². The van der Waals surface area contributed by atoms with Crippen LogP contribution in [0.1, 0.15) is 46.5 Å². The second kappa shape index (κ2) is 10.7. The number of likely N-dealkylation sites (tertiary alicyclic amines) is 1. The Morgan fingerprint density at radius 2 is 1.67 bits per heavy atom. The topological polar surface area (TPSA) is 55.9 Å². The van der Waals surface area contributed by atoms with Gasteiger partial charge in [-0.1, -0.05) is 0 Å². The van der Waals surface area contributed by atoms with Crippen LogP contribution in [0.5, 0.6) is 0 Å². The van der Waals surface area contributed by atoms with E-state index in [-0.39, 0.29) is 22.6 Å². The third-order valence-corrected chi connectivity index (χ3v) is 6.47. The van der Waals surface area contributed by atoms with Crippen LogP contribution >= 0.6 is 11.8 Å². The van der Waals surface area contributed by atoms with Gasteiger partial charge in [-0.3, -0.25) is 14.5 Å². The molecule has 0 spiro atoms. The van der Waals surface area contributed by atoms with Gasteiger partial charge in [0.15, 0.2) is 0 Å². The van der Waals surface area contributed by atoms with Crippen LogP contribution < -0.4 is 5.32 Å². The van der Waals surface area contributed by atoms with Crippen molar-refractivity contribution in [1.82, 2.24) is 20.0 Å². The maximum absolute atomic E-state index is 12.3. The number of nitrogens with one attached hydrogen (secondary N) is 1. The normalized spacial score (nSPS) is 20.7. The van der Waals surface area contributed by atoms with Crippen LogP contribution in [-0.4, -0.2) is 95.9 Å². The van der Waals surface area contributed by atoms with Crippen LogP contribution in [0.2, 0.25) is 0 Å². The molecule has 0 radical (unpaired) electrons. The van der Waals surface area contributed by atoms with E-state index in [1.807, 2.05) is 18.1 Å². The Kier molecular flexibility index (Phi) is 8.89. The van der Waals surface area contributed by atoms with E-state index in [4.69, 9.17) is 0 Å². The number of hydrogen-bond donors (Lipinski definition) is 1. The molecule has 156 valence electrons. The molecule has 27 heavy (non-hydrogen) atoms. The van der Waals surface area contributed by atoms with Crippen molar-refractivity contribution in [3.63, 3.8) is 0 Å². The standard InChI is InChI=1S/C20H38N4O2S/c1-17(27-4)19(26)24-14-12-23(13-15-24)16-20(2,3)21-18(25)8-7-11-22-9-5-6-10-22/h17H,5-16H2,1-4H3,(H,21,25). The number of carbonyl (C=O) groups excluding carboxylic acids is 2. The monoisotopic (exact) mass is 398 g/mol. The van der Waals surface area contributed by atoms with Gasteiger partial charge < -0.3 is 15.1 Å². The molecule has 1 unspecified atom stereocenters. The first kappa shape index (κ1) is 22.5. The lowest BCUT2D eigenvalue weighted by molar-refractivity contribution is -0.132. The Morgan fingerprint density at radius 1 is 1.04 bits per heavy atom. The summed E-state index contributed by atoms with van der Waals surface area (Å²) in [5, 5.41) is 3.24. The van der Waals surface area contributed by atoms with Crippen LogP contribution in [0.25, 0.3) is 0 Å². The Labute approximate surface area is 169 Å². The molecule has 2 saturated heterocycles. The van der Waals surface area contributed by atoms with E-state index < -0.39 is 0 Å². The lowest BCUT2D eigenvalue weighted by atomic mass is 10.0. The van der Waals surface area contributed by atoms with Gasteiger partial charge in [0.2, 0.25) is 11.8 Å². The molecule has 1 atom stereocenters. The fraction of sp³-hybridized carbons (Fsp3) is 0.900. The Morgan fingerprint density at radius 3 is 2.26 bits per heavy atom. The number of nitrogens with zero attached hydrogens (tertiary/aromatic N) is 3. The Hall–Kier alpha value is -0.790. The van der Waals surface area contributed by atoms with Crippen molar-refractivity contribution in [2.24, 2.45) is 0 Å². The average Bonchev–Trinajstić information content (AvgIpc) is 3.13. The summed E-state index contributed by atoms with van der Waals surface area (Å²) in [6, 6.07) is 0. The summed E-state index contributed by atoms with van der Waals surface area (Å²) in [6.07, 6.45) is 6.13. The Bertz CT molecular complexity index is 486. The van der Waals surface area contributed by atoms with Crippen molar-refractivity contribution in [3.8, 4) is 0 Å². The highest BCUT2D eigenvalue weighted by atomic mass is 32.2. The summed E-state index contributed by atoms with van der Waals surface area (Å²) in [6.45, 7) is 13.7. The maximum Gasteiger partial charge on any atom is 0.235 e. The molecule has 2 aliphatic heterocycles. The first-order valence-electron chi connectivity index (χ1n) is 10.4. The molecule has 0 aliphatic carbocycles. The summed E-state index contributed by atoms with van der Waals surface area (Å²) in [7, 11) is 0. The van der Waals surface area contributed by atoms with Crippen molar-refractivity contribution in [2.45, 2.75) is 57.2 Å². The predicted octanol–water partition coefficient (Wildman–Crippen LogP) is 1.65. The van der Waals surface area contributed by atoms with E-state index in [1.165, 1.54) is 25.9 Å². The summed E-state index contributed by atoms with van der Waals surface area (Å²) in [4.78, 5) is 31.4. The van der Waals surface area contributed by atoms with Gasteiger partial charge in [0, 0.05) is 44.7 Å². The largest absolute Gasteiger partial charge is 0.350 e. The van der Waals surface area contributed by atoms with Crippen molar-refractivity contribution in [3.05, 3.63) is 0 Å². The SMILES string of the molecule is CSC(C)C(=O)N1CCN(CC(C)(C)NC(=O)CCCN2CCCC2)CC1. The minimum absolute atomic E-state index is 0.0350. The molecule has 7 heteroatoms. The molecular formula is C20H38N4O2S. The highest BCUT2D eigenvalue weighted by Gasteiger charge is 2.28. The number of hydrogen-bond acceptors (Lipinski definition) is 5. The fourth-order valence-electron chi connectivity index (χ4n) is 3.99. The van der Waals surface area contributed by atoms with Crippen molar-refractivity contribution >= 4 is 23.6 Å². The zero-order valence-electron chi connectivity index (χ0n) is 17.6. The molecule has 0 aromatic carbocycles. The second-order valence-corrected chi connectivity index (χ2v) is 9.74. The van der Waals surface area contributed by atoms with Gasteiger partial charge in [-0.2, -0.15) is 11.8 Å². The zero-order chi connectivity index (χ0) is 19.9. The molecule has 0 aromatic heterocycles. The summed E-state index contributed by atoms with van der Waals surface area (Å²) < 4.78 is 0. The maximum atomic E-state index is 12.3. The van der Waals surface area contributed by atoms with Crippen LogP contribution in [0.3, 0.4) is 0 Å². The van der Waals surface area contributed by atoms with Gasteiger partial charge in [0.25, 0.3) is 0 Å². The van der Waals surface area contributed by atoms with Gasteiger partial charge in [0.1, 0.15) is 0 Å². The lowest BCUT2D eigenvalue weighted by Gasteiger charge is -2.39. The molecule has 2 amide bonds. The molecule has 0 saturated carbocycles. The van der Waals surface area contributed by atoms with E-state index in [1.54, 1.807) is 11.8 Å². The first-order valence-corrected chi connectivity index (χ1v) is 11.7. The molecule has 2 aliphatic rings. The predicted molar refractivity (Wildman–Crippen MR) is 113 cm³/mol. The van der Waals surface area contributed by atoms with E-state index in [0.29, 0.717) is 6.42 Å². The number of thioether (sulfide) groups is 1. The highest BCUT2D eigenvalue weighted by Crippen LogP contribution is 2.14. The molecule has 6 nitrogen and oxygen atoms in total. The lowest BCUT2D eigenvalue weighted by Crippen LogP contribution is -2.57. The Balaban J connectivity index is 1.66. The number of carbonyl (C=O) groups is 2. The zero-order valence-corrected chi connectivity index (χ0v) is 18.4. The minimum atomic E-state index is -0.247. The molecular weight excluding hydrogens is 360 g/mol. The smallest absolute Gasteiger partial charge is 0.235 e. The second-order valence-electron chi connectivity index (χ2n) is 8.56. The van der Waals surface area contributed by atoms with Crippen molar-refractivity contribution in [1.29, 1.82) is 0 Å². The summed E-state index contributed by atoms with van der Waals surface area (Å²) in [5.74, 6) is 0.398. The van der Waals surface area contributed by atoms with Gasteiger partial charge in [-0.15, -0.1) is 0 Å².